The first-order valence-electron chi connectivity index (χ1n) is 8.27. The molecule has 1 amide bonds. The van der Waals surface area contributed by atoms with Crippen LogP contribution in [0.3, 0.4) is 0 Å². The van der Waals surface area contributed by atoms with E-state index >= 15 is 0 Å². The van der Waals surface area contributed by atoms with Crippen LogP contribution in [-0.4, -0.2) is 22.2 Å². The number of amides is 1. The zero-order chi connectivity index (χ0) is 17.1. The minimum atomic E-state index is -0.477. The molecule has 1 aromatic heterocycles. The van der Waals surface area contributed by atoms with Gasteiger partial charge in [-0.2, -0.15) is 4.98 Å². The Labute approximate surface area is 140 Å². The van der Waals surface area contributed by atoms with Crippen molar-refractivity contribution in [2.45, 2.75) is 52.2 Å². The van der Waals surface area contributed by atoms with Gasteiger partial charge >= 0.3 is 0 Å². The van der Waals surface area contributed by atoms with E-state index in [1.54, 1.807) is 6.92 Å². The Bertz CT molecular complexity index is 728. The second kappa shape index (κ2) is 6.90. The molecule has 0 spiro atoms. The summed E-state index contributed by atoms with van der Waals surface area (Å²) < 4.78 is 10.9. The summed E-state index contributed by atoms with van der Waals surface area (Å²) in [4.78, 5) is 16.1. The number of carbonyl (C=O) groups excluding carboxylic acids is 1. The van der Waals surface area contributed by atoms with Crippen LogP contribution in [0.2, 0.25) is 0 Å². The summed E-state index contributed by atoms with van der Waals surface area (Å²) in [6, 6.07) is 5.43. The third kappa shape index (κ3) is 3.50. The third-order valence-corrected chi connectivity index (χ3v) is 3.90. The van der Waals surface area contributed by atoms with Crippen molar-refractivity contribution in [3.05, 3.63) is 29.9 Å². The van der Waals surface area contributed by atoms with Gasteiger partial charge in [0.2, 0.25) is 5.89 Å². The average molecular weight is 330 g/mol. The van der Waals surface area contributed by atoms with Crippen molar-refractivity contribution in [3.8, 4) is 5.75 Å². The zero-order valence-electron chi connectivity index (χ0n) is 14.1. The number of fused-ring (bicyclic) bond motifs is 1. The first-order chi connectivity index (χ1) is 11.6. The van der Waals surface area contributed by atoms with Crippen molar-refractivity contribution in [1.29, 1.82) is 0 Å². The highest BCUT2D eigenvalue weighted by molar-refractivity contribution is 5.98. The molecule has 1 aromatic carbocycles. The smallest absolute Gasteiger partial charge is 0.265 e. The molecule has 0 aliphatic carbocycles. The molecule has 3 rings (SSSR count). The topological polar surface area (TPSA) is 89.3 Å². The van der Waals surface area contributed by atoms with Gasteiger partial charge < -0.3 is 19.9 Å². The summed E-state index contributed by atoms with van der Waals surface area (Å²) in [5.74, 6) is 1.80. The minimum Gasteiger partial charge on any atom is -0.479 e. The van der Waals surface area contributed by atoms with E-state index in [1.807, 2.05) is 25.1 Å². The lowest BCUT2D eigenvalue weighted by Gasteiger charge is -2.24. The van der Waals surface area contributed by atoms with Crippen molar-refractivity contribution in [1.82, 2.24) is 10.1 Å². The largest absolute Gasteiger partial charge is 0.479 e. The standard InChI is InChI=1S/C17H22N4O3/c1-4-5-6-15-20-17(24-21-15)10(2)18-12-7-8-14-13(9-12)19-16(22)11(3)23-14/h7-11,18H,4-6H2,1-3H3,(H,19,22)/t10-,11+/m1/s1. The van der Waals surface area contributed by atoms with E-state index < -0.39 is 6.10 Å². The molecule has 7 nitrogen and oxygen atoms in total. The number of anilines is 2. The Morgan fingerprint density at radius 2 is 2.25 bits per heavy atom. The van der Waals surface area contributed by atoms with E-state index in [-0.39, 0.29) is 11.9 Å². The number of unbranched alkanes of at least 4 members (excludes halogenated alkanes) is 1. The van der Waals surface area contributed by atoms with Crippen molar-refractivity contribution in [3.63, 3.8) is 0 Å². The van der Waals surface area contributed by atoms with Crippen molar-refractivity contribution >= 4 is 17.3 Å². The van der Waals surface area contributed by atoms with Crippen LogP contribution in [0, 0.1) is 0 Å². The Kier molecular flexibility index (Phi) is 4.69. The molecule has 0 radical (unpaired) electrons. The minimum absolute atomic E-state index is 0.134. The van der Waals surface area contributed by atoms with Gasteiger partial charge in [0.1, 0.15) is 11.8 Å². The Morgan fingerprint density at radius 3 is 3.04 bits per heavy atom. The number of hydrogen-bond donors (Lipinski definition) is 2. The summed E-state index contributed by atoms with van der Waals surface area (Å²) >= 11 is 0. The number of aromatic nitrogens is 2. The molecule has 0 fully saturated rings. The highest BCUT2D eigenvalue weighted by Crippen LogP contribution is 2.33. The van der Waals surface area contributed by atoms with Crippen LogP contribution in [0.4, 0.5) is 11.4 Å². The molecular weight excluding hydrogens is 308 g/mol. The van der Waals surface area contributed by atoms with E-state index in [1.165, 1.54) is 0 Å². The molecule has 2 N–H and O–H groups in total. The lowest BCUT2D eigenvalue weighted by molar-refractivity contribution is -0.122. The Morgan fingerprint density at radius 1 is 1.42 bits per heavy atom. The molecule has 2 atom stereocenters. The van der Waals surface area contributed by atoms with Crippen molar-refractivity contribution in [2.75, 3.05) is 10.6 Å². The van der Waals surface area contributed by atoms with Crippen LogP contribution in [-0.2, 0) is 11.2 Å². The molecule has 128 valence electrons. The number of hydrogen-bond acceptors (Lipinski definition) is 6. The fourth-order valence-corrected chi connectivity index (χ4v) is 2.49. The lowest BCUT2D eigenvalue weighted by atomic mass is 10.2. The summed E-state index contributed by atoms with van der Waals surface area (Å²) in [7, 11) is 0. The van der Waals surface area contributed by atoms with Crippen molar-refractivity contribution in [2.24, 2.45) is 0 Å². The number of rotatable bonds is 6. The van der Waals surface area contributed by atoms with Crippen LogP contribution in [0.1, 0.15) is 51.4 Å². The van der Waals surface area contributed by atoms with Gasteiger partial charge in [-0.05, 0) is 38.5 Å². The molecule has 1 aliphatic heterocycles. The average Bonchev–Trinajstić information content (AvgIpc) is 3.03. The van der Waals surface area contributed by atoms with Gasteiger partial charge in [-0.1, -0.05) is 18.5 Å². The van der Waals surface area contributed by atoms with E-state index in [4.69, 9.17) is 9.26 Å². The summed E-state index contributed by atoms with van der Waals surface area (Å²) in [6.45, 7) is 5.80. The molecule has 0 saturated carbocycles. The predicted octanol–water partition coefficient (Wildman–Crippen LogP) is 3.30. The van der Waals surface area contributed by atoms with Gasteiger partial charge in [-0.25, -0.2) is 0 Å². The van der Waals surface area contributed by atoms with E-state index in [0.717, 1.165) is 30.8 Å². The number of nitrogens with one attached hydrogen (secondary N) is 2. The van der Waals surface area contributed by atoms with E-state index in [2.05, 4.69) is 27.7 Å². The van der Waals surface area contributed by atoms with Crippen LogP contribution >= 0.6 is 0 Å². The predicted molar refractivity (Wildman–Crippen MR) is 90.1 cm³/mol. The molecule has 7 heteroatoms. The maximum atomic E-state index is 11.7. The van der Waals surface area contributed by atoms with Crippen LogP contribution in [0.5, 0.6) is 5.75 Å². The van der Waals surface area contributed by atoms with Crippen molar-refractivity contribution < 1.29 is 14.1 Å². The van der Waals surface area contributed by atoms with E-state index in [9.17, 15) is 4.79 Å². The number of benzene rings is 1. The summed E-state index contributed by atoms with van der Waals surface area (Å²) in [5, 5.41) is 10.1. The summed E-state index contributed by atoms with van der Waals surface area (Å²) in [5.41, 5.74) is 1.50. The maximum absolute atomic E-state index is 11.7. The normalized spacial score (nSPS) is 17.6. The number of nitrogens with zero attached hydrogens (tertiary/aromatic N) is 2. The Hall–Kier alpha value is -2.57. The highest BCUT2D eigenvalue weighted by Gasteiger charge is 2.24. The molecular formula is C17H22N4O3. The van der Waals surface area contributed by atoms with Gasteiger partial charge in [-0.3, -0.25) is 4.79 Å². The molecule has 24 heavy (non-hydrogen) atoms. The van der Waals surface area contributed by atoms with Gasteiger partial charge in [0.15, 0.2) is 11.9 Å². The first-order valence-corrected chi connectivity index (χ1v) is 8.27. The number of ether oxygens (including phenoxy) is 1. The SMILES string of the molecule is CCCCc1noc([C@@H](C)Nc2ccc3c(c2)NC(=O)[C@H](C)O3)n1. The fourth-order valence-electron chi connectivity index (χ4n) is 2.49. The summed E-state index contributed by atoms with van der Waals surface area (Å²) in [6.07, 6.45) is 2.49. The molecule has 0 bridgehead atoms. The monoisotopic (exact) mass is 330 g/mol. The van der Waals surface area contributed by atoms with Crippen LogP contribution < -0.4 is 15.4 Å². The molecule has 2 aromatic rings. The lowest BCUT2D eigenvalue weighted by Crippen LogP contribution is -2.34. The molecule has 1 aliphatic rings. The van der Waals surface area contributed by atoms with E-state index in [0.29, 0.717) is 17.3 Å². The number of carbonyl (C=O) groups is 1. The molecule has 2 heterocycles. The Balaban J connectivity index is 1.68. The second-order valence-electron chi connectivity index (χ2n) is 5.98. The zero-order valence-corrected chi connectivity index (χ0v) is 14.1. The highest BCUT2D eigenvalue weighted by atomic mass is 16.5. The fraction of sp³-hybridized carbons (Fsp3) is 0.471. The third-order valence-electron chi connectivity index (χ3n) is 3.90. The molecule has 0 unspecified atom stereocenters. The van der Waals surface area contributed by atoms with Gasteiger partial charge in [0.05, 0.1) is 5.69 Å². The van der Waals surface area contributed by atoms with Gasteiger partial charge in [-0.15, -0.1) is 0 Å². The first kappa shape index (κ1) is 16.3. The quantitative estimate of drug-likeness (QED) is 0.844. The van der Waals surface area contributed by atoms with Gasteiger partial charge in [0, 0.05) is 12.1 Å². The maximum Gasteiger partial charge on any atom is 0.265 e. The van der Waals surface area contributed by atoms with Gasteiger partial charge in [0.25, 0.3) is 5.91 Å². The van der Waals surface area contributed by atoms with Crippen LogP contribution in [0.25, 0.3) is 0 Å². The molecule has 0 saturated heterocycles. The second-order valence-corrected chi connectivity index (χ2v) is 5.98. The van der Waals surface area contributed by atoms with Crippen LogP contribution in [0.15, 0.2) is 22.7 Å². The number of aryl methyl sites for hydroxylation is 1.